The Morgan fingerprint density at radius 2 is 1.15 bits per heavy atom. The number of carboxylic acid groups (broad SMARTS) is 1. The summed E-state index contributed by atoms with van der Waals surface area (Å²) in [6.45, 7) is 0.749. The van der Waals surface area contributed by atoms with Crippen LogP contribution >= 0.6 is 22.6 Å². The zero-order valence-electron chi connectivity index (χ0n) is 27.5. The van der Waals surface area contributed by atoms with Gasteiger partial charge in [0.05, 0.1) is 18.2 Å². The minimum absolute atomic E-state index is 0. The molecule has 0 aliphatic carbocycles. The van der Waals surface area contributed by atoms with Gasteiger partial charge in [0.1, 0.15) is 24.7 Å². The molecule has 0 fully saturated rings. The zero-order chi connectivity index (χ0) is 36.4. The molecular weight excluding hydrogens is 810 g/mol. The van der Waals surface area contributed by atoms with Crippen molar-refractivity contribution < 1.29 is 39.0 Å². The molecule has 0 saturated carbocycles. The Bertz CT molecular complexity index is 1970. The molecule has 0 radical (unpaired) electrons. The predicted molar refractivity (Wildman–Crippen MR) is 230 cm³/mol. The number of hydrogen-bond donors (Lipinski definition) is 3. The molecule has 0 amide bonds. The number of rotatable bonds is 10. The highest BCUT2D eigenvalue weighted by atomic mass is 127. The summed E-state index contributed by atoms with van der Waals surface area (Å²) < 4.78 is 17.2. The molecule has 2 heterocycles. The fraction of sp³-hybridized carbons (Fsp3) is 0.163. The molecule has 2 aromatic heterocycles. The maximum absolute atomic E-state index is 11.4. The molecule has 0 spiro atoms. The van der Waals surface area contributed by atoms with Gasteiger partial charge in [0, 0.05) is 33.8 Å². The Balaban J connectivity index is 0.000000828. The second-order valence-corrected chi connectivity index (χ2v) is 11.9. The maximum Gasteiger partial charge on any atom is 0.490 e. The third-order valence-corrected chi connectivity index (χ3v) is 7.70. The van der Waals surface area contributed by atoms with Gasteiger partial charge < -0.3 is 29.4 Å². The number of aromatic carboxylic acids is 1. The molecule has 0 aliphatic heterocycles. The number of aromatic nitrogens is 2. The van der Waals surface area contributed by atoms with E-state index in [2.05, 4.69) is 37.3 Å². The Morgan fingerprint density at radius 1 is 0.636 bits per heavy atom. The maximum atomic E-state index is 11.4. The van der Waals surface area contributed by atoms with Gasteiger partial charge in [0.2, 0.25) is 0 Å². The standard InChI is InChI=1S/C19H15NO3.C15H13IO3.C5H6BNO2.4CH4/c21-19(22)16-4-1-3-14(11-16)13-23-18-8-6-15(7-9-18)17-5-2-10-20-12-17;1-18-15(17)12-4-2-3-11(9-12)10-19-14-7-5-13(16)6-8-14;8-6(9)5-2-1-3-7-4-5;;;;/h1-12H,13H2,(H,21,22);2-9H,10H2,1H3;1-4,8-9H;4*1H4. The number of benzene rings is 4. The van der Waals surface area contributed by atoms with E-state index >= 15 is 0 Å². The van der Waals surface area contributed by atoms with E-state index in [1.165, 1.54) is 13.3 Å². The lowest BCUT2D eigenvalue weighted by Crippen LogP contribution is -2.29. The predicted octanol–water partition coefficient (Wildman–Crippen LogP) is 8.99. The second kappa shape index (κ2) is 26.2. The molecule has 4 aromatic carbocycles. The summed E-state index contributed by atoms with van der Waals surface area (Å²) in [6, 6.07) is 36.7. The van der Waals surface area contributed by atoms with Crippen LogP contribution in [0.3, 0.4) is 0 Å². The highest BCUT2D eigenvalue weighted by Gasteiger charge is 2.09. The highest BCUT2D eigenvalue weighted by molar-refractivity contribution is 14.1. The van der Waals surface area contributed by atoms with E-state index in [9.17, 15) is 9.59 Å². The van der Waals surface area contributed by atoms with Gasteiger partial charge in [-0.2, -0.15) is 0 Å². The first-order valence-corrected chi connectivity index (χ1v) is 16.6. The molecule has 0 atom stereocenters. The lowest BCUT2D eigenvalue weighted by Gasteiger charge is -2.08. The zero-order valence-corrected chi connectivity index (χ0v) is 29.7. The summed E-state index contributed by atoms with van der Waals surface area (Å²) in [6.07, 6.45) is 6.54. The average molecular weight is 861 g/mol. The molecule has 6 aromatic rings. The van der Waals surface area contributed by atoms with E-state index in [1.807, 2.05) is 85.1 Å². The fourth-order valence-corrected chi connectivity index (χ4v) is 4.73. The van der Waals surface area contributed by atoms with Crippen LogP contribution in [-0.2, 0) is 18.0 Å². The molecule has 0 saturated heterocycles. The molecule has 10 nitrogen and oxygen atoms in total. The Morgan fingerprint density at radius 3 is 1.60 bits per heavy atom. The lowest BCUT2D eigenvalue weighted by molar-refractivity contribution is 0.0599. The molecule has 55 heavy (non-hydrogen) atoms. The summed E-state index contributed by atoms with van der Waals surface area (Å²) in [5.74, 6) is 0.269. The van der Waals surface area contributed by atoms with Crippen LogP contribution in [-0.4, -0.2) is 51.3 Å². The molecule has 290 valence electrons. The van der Waals surface area contributed by atoms with Crippen LogP contribution in [0.25, 0.3) is 11.1 Å². The van der Waals surface area contributed by atoms with Gasteiger partial charge >= 0.3 is 19.1 Å². The topological polar surface area (TPSA) is 148 Å². The molecular formula is C43H50BIN2O8. The Hall–Kier alpha value is -5.57. The van der Waals surface area contributed by atoms with Crippen LogP contribution in [0, 0.1) is 3.57 Å². The second-order valence-electron chi connectivity index (χ2n) is 10.7. The van der Waals surface area contributed by atoms with Gasteiger partial charge in [-0.3, -0.25) is 9.97 Å². The van der Waals surface area contributed by atoms with Crippen molar-refractivity contribution in [1.29, 1.82) is 0 Å². The van der Waals surface area contributed by atoms with Crippen molar-refractivity contribution in [3.63, 3.8) is 0 Å². The van der Waals surface area contributed by atoms with Gasteiger partial charge in [-0.15, -0.1) is 0 Å². The number of hydrogen-bond acceptors (Lipinski definition) is 9. The number of nitrogens with zero attached hydrogens (tertiary/aromatic N) is 2. The molecule has 12 heteroatoms. The summed E-state index contributed by atoms with van der Waals surface area (Å²) in [4.78, 5) is 30.2. The van der Waals surface area contributed by atoms with Crippen molar-refractivity contribution in [2.75, 3.05) is 7.11 Å². The number of carbonyl (C=O) groups excluding carboxylic acids is 1. The van der Waals surface area contributed by atoms with E-state index in [0.29, 0.717) is 24.2 Å². The largest absolute Gasteiger partial charge is 0.490 e. The molecule has 0 unspecified atom stereocenters. The summed E-state index contributed by atoms with van der Waals surface area (Å²) in [7, 11) is -0.0319. The highest BCUT2D eigenvalue weighted by Crippen LogP contribution is 2.22. The van der Waals surface area contributed by atoms with Gasteiger partial charge in [-0.05, 0) is 118 Å². The molecule has 6 rings (SSSR count). The van der Waals surface area contributed by atoms with E-state index < -0.39 is 13.1 Å². The van der Waals surface area contributed by atoms with E-state index in [4.69, 9.17) is 24.6 Å². The Kier molecular flexibility index (Phi) is 23.6. The minimum Gasteiger partial charge on any atom is -0.489 e. The van der Waals surface area contributed by atoms with Crippen molar-refractivity contribution in [3.8, 4) is 22.6 Å². The molecule has 3 N–H and O–H groups in total. The smallest absolute Gasteiger partial charge is 0.489 e. The van der Waals surface area contributed by atoms with Crippen LogP contribution in [0.15, 0.2) is 146 Å². The Labute approximate surface area is 339 Å². The van der Waals surface area contributed by atoms with Crippen LogP contribution in [0.1, 0.15) is 61.5 Å². The monoisotopic (exact) mass is 860 g/mol. The van der Waals surface area contributed by atoms with Gasteiger partial charge in [0.15, 0.2) is 0 Å². The van der Waals surface area contributed by atoms with Gasteiger partial charge in [-0.25, -0.2) is 9.59 Å². The van der Waals surface area contributed by atoms with Crippen molar-refractivity contribution in [1.82, 2.24) is 9.97 Å². The van der Waals surface area contributed by atoms with Crippen LogP contribution < -0.4 is 14.9 Å². The van der Waals surface area contributed by atoms with Crippen LogP contribution in [0.4, 0.5) is 0 Å². The summed E-state index contributed by atoms with van der Waals surface area (Å²) >= 11 is 2.25. The van der Waals surface area contributed by atoms with Crippen molar-refractivity contribution in [3.05, 3.63) is 172 Å². The third kappa shape index (κ3) is 17.0. The van der Waals surface area contributed by atoms with Gasteiger partial charge in [-0.1, -0.05) is 78.2 Å². The number of esters is 1. The lowest BCUT2D eigenvalue weighted by atomic mass is 9.82. The van der Waals surface area contributed by atoms with Crippen molar-refractivity contribution >= 4 is 47.1 Å². The van der Waals surface area contributed by atoms with Crippen LogP contribution in [0.5, 0.6) is 11.5 Å². The SMILES string of the molecule is C.C.C.C.COC(=O)c1cccc(COc2ccc(I)cc2)c1.O=C(O)c1cccc(COc2ccc(-c3cccnc3)cc2)c1.OB(O)c1cccnc1. The number of methoxy groups -OCH3 is 1. The molecule has 0 aliphatic rings. The quantitative estimate of drug-likeness (QED) is 0.0693. The first kappa shape index (κ1) is 49.4. The number of halogens is 1. The first-order valence-electron chi connectivity index (χ1n) is 15.5. The van der Waals surface area contributed by atoms with Gasteiger partial charge in [0.25, 0.3) is 0 Å². The summed E-state index contributed by atoms with van der Waals surface area (Å²) in [5.41, 5.74) is 5.08. The summed E-state index contributed by atoms with van der Waals surface area (Å²) in [5, 5.41) is 26.1. The van der Waals surface area contributed by atoms with Crippen LogP contribution in [0.2, 0.25) is 0 Å². The number of pyridine rings is 2. The molecule has 0 bridgehead atoms. The number of carboxylic acids is 1. The van der Waals surface area contributed by atoms with E-state index in [-0.39, 0.29) is 41.2 Å². The van der Waals surface area contributed by atoms with E-state index in [1.54, 1.807) is 54.9 Å². The number of ether oxygens (including phenoxy) is 3. The number of carbonyl (C=O) groups is 2. The van der Waals surface area contributed by atoms with Crippen molar-refractivity contribution in [2.45, 2.75) is 42.9 Å². The first-order chi connectivity index (χ1) is 24.7. The van der Waals surface area contributed by atoms with E-state index in [0.717, 1.165) is 37.3 Å². The normalized spacial score (nSPS) is 9.24. The third-order valence-electron chi connectivity index (χ3n) is 6.98. The van der Waals surface area contributed by atoms with Crippen molar-refractivity contribution in [2.24, 2.45) is 0 Å². The fourth-order valence-electron chi connectivity index (χ4n) is 4.37. The average Bonchev–Trinajstić information content (AvgIpc) is 3.18. The minimum atomic E-state index is -1.40.